The molecule has 6 heteroatoms. The highest BCUT2D eigenvalue weighted by Gasteiger charge is 2.13. The van der Waals surface area contributed by atoms with Gasteiger partial charge in [0.05, 0.1) is 0 Å². The van der Waals surface area contributed by atoms with Crippen LogP contribution in [0.25, 0.3) is 0 Å². The van der Waals surface area contributed by atoms with Crippen LogP contribution in [0.1, 0.15) is 26.4 Å². The molecule has 2 N–H and O–H groups in total. The van der Waals surface area contributed by atoms with Crippen LogP contribution in [0.3, 0.4) is 0 Å². The van der Waals surface area contributed by atoms with Crippen LogP contribution in [0.4, 0.5) is 15.8 Å². The average Bonchev–Trinajstić information content (AvgIpc) is 2.65. The summed E-state index contributed by atoms with van der Waals surface area (Å²) in [6, 6.07) is 15.7. The summed E-state index contributed by atoms with van der Waals surface area (Å²) < 4.78 is 12.9. The number of halogens is 1. The first-order chi connectivity index (χ1) is 12.5. The van der Waals surface area contributed by atoms with Crippen LogP contribution in [-0.4, -0.2) is 16.8 Å². The Morgan fingerprint density at radius 2 is 1.65 bits per heavy atom. The van der Waals surface area contributed by atoms with E-state index in [4.69, 9.17) is 0 Å². The number of carbonyl (C=O) groups excluding carboxylic acids is 2. The minimum absolute atomic E-state index is 0.0896. The Labute approximate surface area is 149 Å². The molecule has 0 spiro atoms. The third-order valence-electron chi connectivity index (χ3n) is 3.75. The Hall–Kier alpha value is -3.54. The molecule has 0 saturated heterocycles. The Balaban J connectivity index is 1.75. The normalized spacial score (nSPS) is 10.2. The number of hydrogen-bond acceptors (Lipinski definition) is 3. The summed E-state index contributed by atoms with van der Waals surface area (Å²) in [6.45, 7) is 1.89. The molecular weight excluding hydrogens is 333 g/mol. The van der Waals surface area contributed by atoms with Crippen LogP contribution in [0, 0.1) is 12.7 Å². The number of carbonyl (C=O) groups is 2. The van der Waals surface area contributed by atoms with Crippen LogP contribution in [0.5, 0.6) is 0 Å². The van der Waals surface area contributed by atoms with Gasteiger partial charge in [0.25, 0.3) is 11.8 Å². The number of amides is 2. The number of anilines is 2. The van der Waals surface area contributed by atoms with Crippen LogP contribution < -0.4 is 10.6 Å². The van der Waals surface area contributed by atoms with E-state index in [9.17, 15) is 14.0 Å². The lowest BCUT2D eigenvalue weighted by Gasteiger charge is -2.09. The quantitative estimate of drug-likeness (QED) is 0.747. The zero-order valence-electron chi connectivity index (χ0n) is 14.0. The third-order valence-corrected chi connectivity index (χ3v) is 3.75. The summed E-state index contributed by atoms with van der Waals surface area (Å²) in [7, 11) is 0. The van der Waals surface area contributed by atoms with E-state index in [0.717, 1.165) is 5.56 Å². The van der Waals surface area contributed by atoms with E-state index in [1.165, 1.54) is 42.6 Å². The molecule has 0 fully saturated rings. The molecule has 2 aromatic carbocycles. The monoisotopic (exact) mass is 349 g/mol. The maximum atomic E-state index is 12.9. The molecule has 0 unspecified atom stereocenters. The summed E-state index contributed by atoms with van der Waals surface area (Å²) >= 11 is 0. The molecule has 0 aliphatic heterocycles. The van der Waals surface area contributed by atoms with E-state index in [2.05, 4.69) is 15.6 Å². The molecular formula is C20H16FN3O2. The van der Waals surface area contributed by atoms with Gasteiger partial charge in [-0.2, -0.15) is 0 Å². The number of hydrogen-bond donors (Lipinski definition) is 2. The first-order valence-electron chi connectivity index (χ1n) is 7.93. The molecule has 0 aliphatic carbocycles. The van der Waals surface area contributed by atoms with E-state index in [0.29, 0.717) is 16.9 Å². The zero-order valence-corrected chi connectivity index (χ0v) is 14.0. The van der Waals surface area contributed by atoms with Gasteiger partial charge < -0.3 is 10.6 Å². The minimum Gasteiger partial charge on any atom is -0.322 e. The number of aromatic nitrogens is 1. The lowest BCUT2D eigenvalue weighted by molar-refractivity contribution is 0.102. The van der Waals surface area contributed by atoms with Crippen LogP contribution in [0.2, 0.25) is 0 Å². The van der Waals surface area contributed by atoms with Crippen molar-refractivity contribution in [1.29, 1.82) is 0 Å². The molecule has 130 valence electrons. The molecule has 0 aliphatic rings. The van der Waals surface area contributed by atoms with Gasteiger partial charge in [0, 0.05) is 23.1 Å². The Morgan fingerprint density at radius 1 is 0.923 bits per heavy atom. The second-order valence-electron chi connectivity index (χ2n) is 5.66. The topological polar surface area (TPSA) is 71.1 Å². The highest BCUT2D eigenvalue weighted by Crippen LogP contribution is 2.15. The van der Waals surface area contributed by atoms with Gasteiger partial charge in [-0.25, -0.2) is 4.39 Å². The minimum atomic E-state index is -0.484. The van der Waals surface area contributed by atoms with Gasteiger partial charge in [0.2, 0.25) is 0 Å². The second kappa shape index (κ2) is 7.57. The summed E-state index contributed by atoms with van der Waals surface area (Å²) in [4.78, 5) is 28.7. The maximum absolute atomic E-state index is 12.9. The van der Waals surface area contributed by atoms with Crippen LogP contribution in [0.15, 0.2) is 66.9 Å². The number of benzene rings is 2. The number of para-hydroxylation sites is 1. The van der Waals surface area contributed by atoms with E-state index in [1.54, 1.807) is 6.07 Å². The van der Waals surface area contributed by atoms with E-state index in [1.807, 2.05) is 25.1 Å². The van der Waals surface area contributed by atoms with Gasteiger partial charge in [0.15, 0.2) is 0 Å². The zero-order chi connectivity index (χ0) is 18.5. The highest BCUT2D eigenvalue weighted by molar-refractivity contribution is 6.08. The fraction of sp³-hybridized carbons (Fsp3) is 0.0500. The molecule has 0 atom stereocenters. The average molecular weight is 349 g/mol. The Morgan fingerprint density at radius 3 is 2.38 bits per heavy atom. The number of rotatable bonds is 4. The largest absolute Gasteiger partial charge is 0.322 e. The van der Waals surface area contributed by atoms with Gasteiger partial charge in [0.1, 0.15) is 11.5 Å². The maximum Gasteiger partial charge on any atom is 0.274 e. The Kier molecular flexibility index (Phi) is 5.03. The van der Waals surface area contributed by atoms with Crippen molar-refractivity contribution >= 4 is 23.2 Å². The van der Waals surface area contributed by atoms with Crippen molar-refractivity contribution in [3.63, 3.8) is 0 Å². The van der Waals surface area contributed by atoms with E-state index >= 15 is 0 Å². The SMILES string of the molecule is Cc1ccccc1NC(=O)c1ccnc(C(=O)Nc2ccc(F)cc2)c1. The van der Waals surface area contributed by atoms with Gasteiger partial charge in [-0.3, -0.25) is 14.6 Å². The van der Waals surface area contributed by atoms with Crippen molar-refractivity contribution in [2.75, 3.05) is 10.6 Å². The highest BCUT2D eigenvalue weighted by atomic mass is 19.1. The summed E-state index contributed by atoms with van der Waals surface area (Å²) in [5.41, 5.74) is 2.48. The fourth-order valence-corrected chi connectivity index (χ4v) is 2.33. The molecule has 5 nitrogen and oxygen atoms in total. The smallest absolute Gasteiger partial charge is 0.274 e. The van der Waals surface area contributed by atoms with Gasteiger partial charge in [-0.15, -0.1) is 0 Å². The summed E-state index contributed by atoms with van der Waals surface area (Å²) in [6.07, 6.45) is 1.40. The van der Waals surface area contributed by atoms with Crippen molar-refractivity contribution < 1.29 is 14.0 Å². The van der Waals surface area contributed by atoms with E-state index in [-0.39, 0.29) is 11.6 Å². The Bertz CT molecular complexity index is 955. The number of nitrogens with one attached hydrogen (secondary N) is 2. The third kappa shape index (κ3) is 4.10. The number of nitrogens with zero attached hydrogens (tertiary/aromatic N) is 1. The van der Waals surface area contributed by atoms with Crippen molar-refractivity contribution in [2.24, 2.45) is 0 Å². The molecule has 1 aromatic heterocycles. The standard InChI is InChI=1S/C20H16FN3O2/c1-13-4-2-3-5-17(13)24-19(25)14-10-11-22-18(12-14)20(26)23-16-8-6-15(21)7-9-16/h2-12H,1H3,(H,23,26)(H,24,25). The van der Waals surface area contributed by atoms with E-state index < -0.39 is 11.7 Å². The second-order valence-corrected chi connectivity index (χ2v) is 5.66. The molecule has 0 saturated carbocycles. The van der Waals surface area contributed by atoms with Gasteiger partial charge >= 0.3 is 0 Å². The predicted octanol–water partition coefficient (Wildman–Crippen LogP) is 4.03. The number of aryl methyl sites for hydroxylation is 1. The van der Waals surface area contributed by atoms with Gasteiger partial charge in [-0.05, 0) is 55.0 Å². The van der Waals surface area contributed by atoms with Crippen molar-refractivity contribution in [3.05, 3.63) is 89.5 Å². The fourth-order valence-electron chi connectivity index (χ4n) is 2.33. The molecule has 0 bridgehead atoms. The summed E-state index contributed by atoms with van der Waals surface area (Å²) in [5.74, 6) is -1.21. The van der Waals surface area contributed by atoms with Crippen LogP contribution in [-0.2, 0) is 0 Å². The molecule has 26 heavy (non-hydrogen) atoms. The lowest BCUT2D eigenvalue weighted by Crippen LogP contribution is -2.17. The predicted molar refractivity (Wildman–Crippen MR) is 97.7 cm³/mol. The van der Waals surface area contributed by atoms with Crippen molar-refractivity contribution in [1.82, 2.24) is 4.98 Å². The van der Waals surface area contributed by atoms with Crippen molar-refractivity contribution in [3.8, 4) is 0 Å². The summed E-state index contributed by atoms with van der Waals surface area (Å²) in [5, 5.41) is 5.42. The molecule has 3 rings (SSSR count). The molecule has 2 amide bonds. The molecule has 0 radical (unpaired) electrons. The lowest BCUT2D eigenvalue weighted by atomic mass is 10.1. The van der Waals surface area contributed by atoms with Gasteiger partial charge in [-0.1, -0.05) is 18.2 Å². The first-order valence-corrected chi connectivity index (χ1v) is 7.93. The first kappa shape index (κ1) is 17.3. The van der Waals surface area contributed by atoms with Crippen molar-refractivity contribution in [2.45, 2.75) is 6.92 Å². The van der Waals surface area contributed by atoms with Crippen LogP contribution >= 0.6 is 0 Å². The molecule has 1 heterocycles. The number of pyridine rings is 1. The molecule has 3 aromatic rings.